The first-order valence-electron chi connectivity index (χ1n) is 9.47. The van der Waals surface area contributed by atoms with Gasteiger partial charge in [0.1, 0.15) is 5.78 Å². The van der Waals surface area contributed by atoms with E-state index >= 15 is 0 Å². The SMILES string of the molecule is CC12CCC3C(C(O)C(O)C4C(O)C(O)CCC34C)C1CCC2=O. The number of carbonyl (C=O) groups excluding carboxylic acids is 1. The maximum Gasteiger partial charge on any atom is 0.139 e. The number of hydrogen-bond acceptors (Lipinski definition) is 5. The van der Waals surface area contributed by atoms with E-state index in [0.717, 1.165) is 25.7 Å². The number of ketones is 1. The van der Waals surface area contributed by atoms with Gasteiger partial charge in [0.15, 0.2) is 0 Å². The van der Waals surface area contributed by atoms with Gasteiger partial charge in [-0.15, -0.1) is 0 Å². The Morgan fingerprint density at radius 2 is 1.58 bits per heavy atom. The van der Waals surface area contributed by atoms with Crippen molar-refractivity contribution in [2.75, 3.05) is 0 Å². The molecule has 10 atom stereocenters. The first-order chi connectivity index (χ1) is 11.2. The standard InChI is InChI=1S/C19H30O5/c1-18-7-5-10-13(9(18)3-4-12(18)21)16(23)17(24)14-15(22)11(20)6-8-19(10,14)2/h9-11,13-17,20,22-24H,3-8H2,1-2H3. The molecule has 4 aliphatic carbocycles. The fourth-order valence-corrected chi connectivity index (χ4v) is 7.10. The van der Waals surface area contributed by atoms with Crippen LogP contribution in [0.1, 0.15) is 52.4 Å². The van der Waals surface area contributed by atoms with Crippen LogP contribution in [0.15, 0.2) is 0 Å². The molecule has 0 radical (unpaired) electrons. The molecule has 5 nitrogen and oxygen atoms in total. The highest BCUT2D eigenvalue weighted by Gasteiger charge is 2.66. The maximum absolute atomic E-state index is 12.4. The molecule has 0 aliphatic heterocycles. The number of Topliss-reactive ketones (excluding diaryl/α,β-unsaturated/α-hetero) is 1. The molecule has 4 saturated carbocycles. The van der Waals surface area contributed by atoms with Crippen LogP contribution in [-0.4, -0.2) is 50.6 Å². The molecular weight excluding hydrogens is 308 g/mol. The van der Waals surface area contributed by atoms with Crippen LogP contribution in [-0.2, 0) is 4.79 Å². The third-order valence-corrected chi connectivity index (χ3v) is 8.50. The van der Waals surface area contributed by atoms with Crippen LogP contribution < -0.4 is 0 Å². The van der Waals surface area contributed by atoms with E-state index in [1.165, 1.54) is 0 Å². The summed E-state index contributed by atoms with van der Waals surface area (Å²) in [6.07, 6.45) is 0.545. The molecule has 4 aliphatic rings. The van der Waals surface area contributed by atoms with Crippen molar-refractivity contribution >= 4 is 5.78 Å². The lowest BCUT2D eigenvalue weighted by Crippen LogP contribution is -2.67. The van der Waals surface area contributed by atoms with Gasteiger partial charge < -0.3 is 20.4 Å². The lowest BCUT2D eigenvalue weighted by molar-refractivity contribution is -0.248. The molecule has 4 N–H and O–H groups in total. The molecule has 0 heterocycles. The molecule has 0 saturated heterocycles. The van der Waals surface area contributed by atoms with E-state index in [-0.39, 0.29) is 28.6 Å². The predicted octanol–water partition coefficient (Wildman–Crippen LogP) is 0.871. The first-order valence-corrected chi connectivity index (χ1v) is 9.47. The van der Waals surface area contributed by atoms with E-state index in [0.29, 0.717) is 18.6 Å². The second-order valence-corrected chi connectivity index (χ2v) is 9.32. The zero-order valence-electron chi connectivity index (χ0n) is 14.6. The van der Waals surface area contributed by atoms with Crippen molar-refractivity contribution in [3.05, 3.63) is 0 Å². The first kappa shape index (κ1) is 17.0. The third kappa shape index (κ3) is 1.93. The van der Waals surface area contributed by atoms with Crippen molar-refractivity contribution in [3.63, 3.8) is 0 Å². The summed E-state index contributed by atoms with van der Waals surface area (Å²) >= 11 is 0. The topological polar surface area (TPSA) is 98.0 Å². The van der Waals surface area contributed by atoms with E-state index in [2.05, 4.69) is 6.92 Å². The molecule has 0 aromatic carbocycles. The van der Waals surface area contributed by atoms with E-state index in [1.807, 2.05) is 6.92 Å². The van der Waals surface area contributed by atoms with Gasteiger partial charge in [0, 0.05) is 17.8 Å². The second kappa shape index (κ2) is 5.26. The molecule has 0 aromatic rings. The van der Waals surface area contributed by atoms with Gasteiger partial charge in [-0.2, -0.15) is 0 Å². The summed E-state index contributed by atoms with van der Waals surface area (Å²) in [6.45, 7) is 4.15. The molecule has 10 unspecified atom stereocenters. The Balaban J connectivity index is 1.75. The molecule has 4 fully saturated rings. The lowest BCUT2D eigenvalue weighted by Gasteiger charge is -2.63. The van der Waals surface area contributed by atoms with Crippen LogP contribution >= 0.6 is 0 Å². The van der Waals surface area contributed by atoms with Gasteiger partial charge in [-0.25, -0.2) is 0 Å². The van der Waals surface area contributed by atoms with Crippen molar-refractivity contribution in [2.24, 2.45) is 34.5 Å². The summed E-state index contributed by atoms with van der Waals surface area (Å²) in [6, 6.07) is 0. The fourth-order valence-electron chi connectivity index (χ4n) is 7.10. The Kier molecular flexibility index (Phi) is 3.71. The number of aliphatic hydroxyl groups is 4. The summed E-state index contributed by atoms with van der Waals surface area (Å²) in [5.74, 6) is 0.0223. The third-order valence-electron chi connectivity index (χ3n) is 8.50. The van der Waals surface area contributed by atoms with Crippen LogP contribution in [0.2, 0.25) is 0 Å². The number of rotatable bonds is 0. The van der Waals surface area contributed by atoms with Crippen molar-refractivity contribution < 1.29 is 25.2 Å². The Morgan fingerprint density at radius 3 is 2.29 bits per heavy atom. The van der Waals surface area contributed by atoms with Crippen LogP contribution in [0.5, 0.6) is 0 Å². The van der Waals surface area contributed by atoms with Crippen LogP contribution in [0.4, 0.5) is 0 Å². The molecule has 0 amide bonds. The minimum Gasteiger partial charge on any atom is -0.390 e. The lowest BCUT2D eigenvalue weighted by atomic mass is 9.43. The molecule has 24 heavy (non-hydrogen) atoms. The van der Waals surface area contributed by atoms with Crippen LogP contribution in [0, 0.1) is 34.5 Å². The maximum atomic E-state index is 12.4. The predicted molar refractivity (Wildman–Crippen MR) is 86.9 cm³/mol. The minimum absolute atomic E-state index is 0.0890. The number of fused-ring (bicyclic) bond motifs is 5. The van der Waals surface area contributed by atoms with E-state index in [4.69, 9.17) is 0 Å². The summed E-state index contributed by atoms with van der Waals surface area (Å²) in [5.41, 5.74) is -0.660. The van der Waals surface area contributed by atoms with Crippen molar-refractivity contribution in [1.29, 1.82) is 0 Å². The summed E-state index contributed by atoms with van der Waals surface area (Å²) in [7, 11) is 0. The van der Waals surface area contributed by atoms with Gasteiger partial charge in [-0.05, 0) is 55.3 Å². The highest BCUT2D eigenvalue weighted by Crippen LogP contribution is 2.65. The minimum atomic E-state index is -1.04. The summed E-state index contributed by atoms with van der Waals surface area (Å²) in [4.78, 5) is 12.4. The number of aliphatic hydroxyl groups excluding tert-OH is 4. The second-order valence-electron chi connectivity index (χ2n) is 9.32. The number of carbonyl (C=O) groups is 1. The normalized spacial score (nSPS) is 60.3. The van der Waals surface area contributed by atoms with Crippen LogP contribution in [0.25, 0.3) is 0 Å². The van der Waals surface area contributed by atoms with Crippen molar-refractivity contribution in [1.82, 2.24) is 0 Å². The van der Waals surface area contributed by atoms with Gasteiger partial charge >= 0.3 is 0 Å². The average molecular weight is 338 g/mol. The molecule has 0 aromatic heterocycles. The Bertz CT molecular complexity index is 550. The molecule has 5 heteroatoms. The Hall–Kier alpha value is -0.490. The zero-order valence-corrected chi connectivity index (χ0v) is 14.6. The summed E-state index contributed by atoms with van der Waals surface area (Å²) < 4.78 is 0. The highest BCUT2D eigenvalue weighted by atomic mass is 16.3. The zero-order chi connectivity index (χ0) is 17.4. The fraction of sp³-hybridized carbons (Fsp3) is 0.947. The Labute approximate surface area is 143 Å². The molecule has 0 spiro atoms. The largest absolute Gasteiger partial charge is 0.390 e. The molecule has 136 valence electrons. The van der Waals surface area contributed by atoms with E-state index < -0.39 is 30.3 Å². The molecular formula is C19H30O5. The van der Waals surface area contributed by atoms with Crippen LogP contribution in [0.3, 0.4) is 0 Å². The van der Waals surface area contributed by atoms with Gasteiger partial charge in [0.2, 0.25) is 0 Å². The van der Waals surface area contributed by atoms with E-state index in [9.17, 15) is 25.2 Å². The molecule has 4 rings (SSSR count). The van der Waals surface area contributed by atoms with Gasteiger partial charge in [0.05, 0.1) is 24.4 Å². The molecule has 0 bridgehead atoms. The van der Waals surface area contributed by atoms with E-state index in [1.54, 1.807) is 0 Å². The highest BCUT2D eigenvalue weighted by molar-refractivity contribution is 5.87. The van der Waals surface area contributed by atoms with Crippen molar-refractivity contribution in [2.45, 2.75) is 76.8 Å². The summed E-state index contributed by atoms with van der Waals surface area (Å²) in [5, 5.41) is 42.3. The van der Waals surface area contributed by atoms with Gasteiger partial charge in [0.25, 0.3) is 0 Å². The van der Waals surface area contributed by atoms with Crippen molar-refractivity contribution in [3.8, 4) is 0 Å². The number of hydrogen-bond donors (Lipinski definition) is 4. The quantitative estimate of drug-likeness (QED) is 0.525. The van der Waals surface area contributed by atoms with Gasteiger partial charge in [-0.3, -0.25) is 4.79 Å². The van der Waals surface area contributed by atoms with Gasteiger partial charge in [-0.1, -0.05) is 13.8 Å². The smallest absolute Gasteiger partial charge is 0.139 e. The monoisotopic (exact) mass is 338 g/mol. The Morgan fingerprint density at radius 1 is 0.875 bits per heavy atom. The average Bonchev–Trinajstić information content (AvgIpc) is 2.84.